The smallest absolute Gasteiger partial charge is 0.387 e. The van der Waals surface area contributed by atoms with E-state index in [4.69, 9.17) is 0 Å². The molecule has 0 aliphatic rings. The van der Waals surface area contributed by atoms with Gasteiger partial charge in [0.1, 0.15) is 5.75 Å². The van der Waals surface area contributed by atoms with Crippen molar-refractivity contribution in [3.8, 4) is 17.0 Å². The third-order valence-electron chi connectivity index (χ3n) is 4.79. The molecule has 3 rings (SSSR count). The van der Waals surface area contributed by atoms with Gasteiger partial charge in [-0.05, 0) is 58.0 Å². The Kier molecular flexibility index (Phi) is 6.10. The van der Waals surface area contributed by atoms with E-state index in [0.29, 0.717) is 30.0 Å². The third kappa shape index (κ3) is 4.36. The number of nitrogens with zero attached hydrogens (tertiary/aromatic N) is 4. The monoisotopic (exact) mass is 402 g/mol. The first-order valence-electron chi connectivity index (χ1n) is 9.52. The molecule has 0 radical (unpaired) electrons. The van der Waals surface area contributed by atoms with Crippen LogP contribution in [0.5, 0.6) is 5.75 Å². The van der Waals surface area contributed by atoms with Crippen molar-refractivity contribution in [2.75, 3.05) is 13.1 Å². The number of aromatic nitrogens is 3. The summed E-state index contributed by atoms with van der Waals surface area (Å²) in [7, 11) is 0. The lowest BCUT2D eigenvalue weighted by atomic mass is 10.0. The number of halogens is 2. The van der Waals surface area contributed by atoms with E-state index in [0.717, 1.165) is 17.0 Å². The molecule has 0 fully saturated rings. The Hall–Kier alpha value is -3.03. The summed E-state index contributed by atoms with van der Waals surface area (Å²) in [5, 5.41) is 4.67. The molecular weight excluding hydrogens is 378 g/mol. The molecule has 2 heterocycles. The van der Waals surface area contributed by atoms with Crippen molar-refractivity contribution in [3.63, 3.8) is 0 Å². The molecule has 0 saturated carbocycles. The van der Waals surface area contributed by atoms with Crippen molar-refractivity contribution in [1.29, 1.82) is 0 Å². The number of likely N-dealkylation sites (N-methyl/N-ethyl adjacent to an activating group) is 1. The molecule has 2 aromatic heterocycles. The molecule has 3 aromatic rings. The normalized spacial score (nSPS) is 11.3. The van der Waals surface area contributed by atoms with Crippen molar-refractivity contribution in [2.45, 2.75) is 40.7 Å². The van der Waals surface area contributed by atoms with E-state index in [1.807, 2.05) is 33.8 Å². The minimum atomic E-state index is -2.88. The standard InChI is InChI=1S/C21H24F2N4O2/c1-5-26(6-2)18(28)12-17-19(15-7-9-16(10-8-15)29-21(22)23)25-27-14(4)11-13(3)24-20(17)27/h7-11,21H,5-6,12H2,1-4H3. The molecule has 0 N–H and O–H groups in total. The minimum absolute atomic E-state index is 0.00948. The van der Waals surface area contributed by atoms with Crippen LogP contribution in [0.3, 0.4) is 0 Å². The molecule has 6 nitrogen and oxygen atoms in total. The molecule has 0 saturated heterocycles. The molecule has 0 bridgehead atoms. The lowest BCUT2D eigenvalue weighted by Gasteiger charge is -2.18. The maximum atomic E-state index is 12.8. The highest BCUT2D eigenvalue weighted by molar-refractivity contribution is 5.84. The van der Waals surface area contributed by atoms with Crippen LogP contribution in [0.25, 0.3) is 16.9 Å². The molecule has 0 aliphatic carbocycles. The van der Waals surface area contributed by atoms with Gasteiger partial charge >= 0.3 is 6.61 Å². The minimum Gasteiger partial charge on any atom is -0.435 e. The summed E-state index contributed by atoms with van der Waals surface area (Å²) >= 11 is 0. The van der Waals surface area contributed by atoms with Gasteiger partial charge in [0, 0.05) is 35.6 Å². The van der Waals surface area contributed by atoms with Crippen LogP contribution in [0.1, 0.15) is 30.8 Å². The number of carbonyl (C=O) groups is 1. The zero-order chi connectivity index (χ0) is 21.1. The van der Waals surface area contributed by atoms with Crippen LogP contribution in [-0.4, -0.2) is 45.1 Å². The SMILES string of the molecule is CCN(CC)C(=O)Cc1c(-c2ccc(OC(F)F)cc2)nn2c(C)cc(C)nc12. The van der Waals surface area contributed by atoms with Gasteiger partial charge in [-0.1, -0.05) is 0 Å². The highest BCUT2D eigenvalue weighted by Gasteiger charge is 2.22. The van der Waals surface area contributed by atoms with E-state index >= 15 is 0 Å². The van der Waals surface area contributed by atoms with Gasteiger partial charge < -0.3 is 9.64 Å². The Balaban J connectivity index is 2.10. The fraction of sp³-hybridized carbons (Fsp3) is 0.381. The van der Waals surface area contributed by atoms with Crippen LogP contribution >= 0.6 is 0 Å². The molecule has 0 aliphatic heterocycles. The predicted molar refractivity (Wildman–Crippen MR) is 106 cm³/mol. The van der Waals surface area contributed by atoms with Crippen molar-refractivity contribution < 1.29 is 18.3 Å². The van der Waals surface area contributed by atoms with Crippen LogP contribution in [0.15, 0.2) is 30.3 Å². The number of alkyl halides is 2. The van der Waals surface area contributed by atoms with Gasteiger partial charge in [0.15, 0.2) is 5.65 Å². The Morgan fingerprint density at radius 3 is 2.41 bits per heavy atom. The zero-order valence-corrected chi connectivity index (χ0v) is 16.9. The highest BCUT2D eigenvalue weighted by Crippen LogP contribution is 2.29. The van der Waals surface area contributed by atoms with Gasteiger partial charge in [-0.25, -0.2) is 9.50 Å². The first-order chi connectivity index (χ1) is 13.8. The van der Waals surface area contributed by atoms with E-state index in [1.54, 1.807) is 21.5 Å². The molecule has 1 aromatic carbocycles. The molecule has 8 heteroatoms. The summed E-state index contributed by atoms with van der Waals surface area (Å²) in [5.74, 6) is 0.0585. The van der Waals surface area contributed by atoms with Crippen molar-refractivity contribution in [2.24, 2.45) is 0 Å². The second-order valence-electron chi connectivity index (χ2n) is 6.75. The van der Waals surface area contributed by atoms with Crippen molar-refractivity contribution in [3.05, 3.63) is 47.3 Å². The fourth-order valence-corrected chi connectivity index (χ4v) is 3.39. The Morgan fingerprint density at radius 2 is 1.83 bits per heavy atom. The maximum Gasteiger partial charge on any atom is 0.387 e. The number of ether oxygens (including phenoxy) is 1. The lowest BCUT2D eigenvalue weighted by molar-refractivity contribution is -0.130. The van der Waals surface area contributed by atoms with E-state index in [9.17, 15) is 13.6 Å². The molecule has 1 amide bonds. The Labute approximate surface area is 168 Å². The number of carbonyl (C=O) groups excluding carboxylic acids is 1. The van der Waals surface area contributed by atoms with Crippen LogP contribution in [-0.2, 0) is 11.2 Å². The maximum absolute atomic E-state index is 12.8. The van der Waals surface area contributed by atoms with Gasteiger partial charge in [0.2, 0.25) is 5.91 Å². The summed E-state index contributed by atoms with van der Waals surface area (Å²) in [6, 6.07) is 8.17. The molecule has 29 heavy (non-hydrogen) atoms. The molecule has 154 valence electrons. The van der Waals surface area contributed by atoms with Crippen molar-refractivity contribution in [1.82, 2.24) is 19.5 Å². The van der Waals surface area contributed by atoms with Gasteiger partial charge in [0.25, 0.3) is 0 Å². The van der Waals surface area contributed by atoms with Gasteiger partial charge in [0.05, 0.1) is 12.1 Å². The highest BCUT2D eigenvalue weighted by atomic mass is 19.3. The van der Waals surface area contributed by atoms with Gasteiger partial charge in [-0.2, -0.15) is 13.9 Å². The summed E-state index contributed by atoms with van der Waals surface area (Å²) in [4.78, 5) is 19.2. The lowest BCUT2D eigenvalue weighted by Crippen LogP contribution is -2.31. The Bertz CT molecular complexity index is 1010. The fourth-order valence-electron chi connectivity index (χ4n) is 3.39. The summed E-state index contributed by atoms with van der Waals surface area (Å²) < 4.78 is 31.0. The third-order valence-corrected chi connectivity index (χ3v) is 4.79. The number of rotatable bonds is 7. The number of aryl methyl sites for hydroxylation is 2. The molecule has 0 spiro atoms. The predicted octanol–water partition coefficient (Wildman–Crippen LogP) is 4.03. The van der Waals surface area contributed by atoms with Crippen LogP contribution in [0, 0.1) is 13.8 Å². The van der Waals surface area contributed by atoms with Crippen LogP contribution < -0.4 is 4.74 Å². The Morgan fingerprint density at radius 1 is 1.17 bits per heavy atom. The van der Waals surface area contributed by atoms with E-state index in [-0.39, 0.29) is 18.1 Å². The van der Waals surface area contributed by atoms with Gasteiger partial charge in [-0.15, -0.1) is 0 Å². The summed E-state index contributed by atoms with van der Waals surface area (Å²) in [6.45, 7) is 6.05. The van der Waals surface area contributed by atoms with Crippen LogP contribution in [0.2, 0.25) is 0 Å². The average Bonchev–Trinajstić information content (AvgIpc) is 3.01. The first-order valence-corrected chi connectivity index (χ1v) is 9.52. The van der Waals surface area contributed by atoms with Crippen LogP contribution in [0.4, 0.5) is 8.78 Å². The number of hydrogen-bond acceptors (Lipinski definition) is 4. The topological polar surface area (TPSA) is 59.7 Å². The van der Waals surface area contributed by atoms with E-state index in [1.165, 1.54) is 12.1 Å². The quantitative estimate of drug-likeness (QED) is 0.599. The van der Waals surface area contributed by atoms with E-state index < -0.39 is 6.61 Å². The summed E-state index contributed by atoms with van der Waals surface area (Å²) in [5.41, 5.74) is 4.39. The summed E-state index contributed by atoms with van der Waals surface area (Å²) in [6.07, 6.45) is 0.158. The first kappa shape index (κ1) is 20.7. The second-order valence-corrected chi connectivity index (χ2v) is 6.75. The zero-order valence-electron chi connectivity index (χ0n) is 16.9. The van der Waals surface area contributed by atoms with E-state index in [2.05, 4.69) is 14.8 Å². The molecular formula is C21H24F2N4O2. The number of hydrogen-bond donors (Lipinski definition) is 0. The number of benzene rings is 1. The second kappa shape index (κ2) is 8.55. The largest absolute Gasteiger partial charge is 0.435 e. The number of amides is 1. The molecule has 0 unspecified atom stereocenters. The molecule has 0 atom stereocenters. The van der Waals surface area contributed by atoms with Gasteiger partial charge in [-0.3, -0.25) is 4.79 Å². The average molecular weight is 402 g/mol. The van der Waals surface area contributed by atoms with Crippen molar-refractivity contribution >= 4 is 11.6 Å². The number of fused-ring (bicyclic) bond motifs is 1.